The van der Waals surface area contributed by atoms with Crippen molar-refractivity contribution < 1.29 is 4.79 Å². The van der Waals surface area contributed by atoms with Crippen molar-refractivity contribution in [2.45, 2.75) is 57.9 Å². The normalized spacial score (nSPS) is 19.1. The van der Waals surface area contributed by atoms with Crippen molar-refractivity contribution in [1.82, 2.24) is 5.32 Å². The lowest BCUT2D eigenvalue weighted by Gasteiger charge is -2.20. The van der Waals surface area contributed by atoms with Crippen molar-refractivity contribution in [3.63, 3.8) is 0 Å². The first-order valence-electron chi connectivity index (χ1n) is 6.23. The molecule has 0 aromatic rings. The van der Waals surface area contributed by atoms with Crippen LogP contribution < -0.4 is 11.1 Å². The van der Waals surface area contributed by atoms with Crippen LogP contribution in [-0.4, -0.2) is 18.5 Å². The minimum atomic E-state index is 0.197. The van der Waals surface area contributed by atoms with E-state index in [2.05, 4.69) is 12.2 Å². The summed E-state index contributed by atoms with van der Waals surface area (Å²) in [5, 5.41) is 3.10. The second-order valence-electron chi connectivity index (χ2n) is 4.65. The van der Waals surface area contributed by atoms with E-state index in [1.807, 2.05) is 0 Å². The molecule has 0 bridgehead atoms. The van der Waals surface area contributed by atoms with Gasteiger partial charge in [-0.2, -0.15) is 0 Å². The Labute approximate surface area is 92.8 Å². The lowest BCUT2D eigenvalue weighted by Crippen LogP contribution is -2.37. The number of nitrogens with one attached hydrogen (secondary N) is 1. The minimum absolute atomic E-state index is 0.197. The Hall–Kier alpha value is -0.570. The van der Waals surface area contributed by atoms with E-state index < -0.39 is 0 Å². The van der Waals surface area contributed by atoms with Crippen LogP contribution in [0.5, 0.6) is 0 Å². The fraction of sp³-hybridized carbons (Fsp3) is 0.917. The molecule has 1 aliphatic rings. The maximum atomic E-state index is 11.5. The van der Waals surface area contributed by atoms with Crippen molar-refractivity contribution >= 4 is 5.91 Å². The van der Waals surface area contributed by atoms with Gasteiger partial charge in [-0.15, -0.1) is 0 Å². The molecular weight excluding hydrogens is 188 g/mol. The van der Waals surface area contributed by atoms with Crippen LogP contribution in [0.4, 0.5) is 0 Å². The summed E-state index contributed by atoms with van der Waals surface area (Å²) in [6, 6.07) is 0.359. The molecule has 15 heavy (non-hydrogen) atoms. The fourth-order valence-corrected chi connectivity index (χ4v) is 2.33. The molecular formula is C12H24N2O. The highest BCUT2D eigenvalue weighted by Crippen LogP contribution is 2.27. The highest BCUT2D eigenvalue weighted by Gasteiger charge is 2.22. The van der Waals surface area contributed by atoms with Crippen molar-refractivity contribution in [2.24, 2.45) is 11.7 Å². The van der Waals surface area contributed by atoms with Crippen LogP contribution in [0.15, 0.2) is 0 Å². The van der Waals surface area contributed by atoms with Gasteiger partial charge in [-0.25, -0.2) is 0 Å². The second-order valence-corrected chi connectivity index (χ2v) is 4.65. The zero-order chi connectivity index (χ0) is 11.1. The first kappa shape index (κ1) is 12.5. The third-order valence-electron chi connectivity index (χ3n) is 3.35. The summed E-state index contributed by atoms with van der Waals surface area (Å²) < 4.78 is 0. The molecule has 1 saturated carbocycles. The Balaban J connectivity index is 2.13. The first-order valence-corrected chi connectivity index (χ1v) is 6.23. The Morgan fingerprint density at radius 3 is 2.67 bits per heavy atom. The summed E-state index contributed by atoms with van der Waals surface area (Å²) in [6.45, 7) is 2.82. The number of hydrogen-bond acceptors (Lipinski definition) is 2. The summed E-state index contributed by atoms with van der Waals surface area (Å²) in [6.07, 6.45) is 7.73. The van der Waals surface area contributed by atoms with E-state index in [1.165, 1.54) is 25.7 Å². The Bertz CT molecular complexity index is 188. The maximum absolute atomic E-state index is 11.5. The Morgan fingerprint density at radius 1 is 1.40 bits per heavy atom. The molecule has 0 heterocycles. The van der Waals surface area contributed by atoms with E-state index in [9.17, 15) is 4.79 Å². The largest absolute Gasteiger partial charge is 0.353 e. The zero-order valence-electron chi connectivity index (χ0n) is 9.80. The lowest BCUT2D eigenvalue weighted by molar-refractivity contribution is -0.122. The van der Waals surface area contributed by atoms with Crippen molar-refractivity contribution in [1.29, 1.82) is 0 Å². The van der Waals surface area contributed by atoms with E-state index in [0.717, 1.165) is 12.8 Å². The molecule has 88 valence electrons. The van der Waals surface area contributed by atoms with E-state index in [1.54, 1.807) is 0 Å². The van der Waals surface area contributed by atoms with Crippen LogP contribution in [0.3, 0.4) is 0 Å². The van der Waals surface area contributed by atoms with Gasteiger partial charge in [0.2, 0.25) is 5.91 Å². The average molecular weight is 212 g/mol. The van der Waals surface area contributed by atoms with Gasteiger partial charge in [0, 0.05) is 12.5 Å². The first-order chi connectivity index (χ1) is 7.24. The summed E-state index contributed by atoms with van der Waals surface area (Å²) in [5.41, 5.74) is 5.38. The quantitative estimate of drug-likeness (QED) is 0.660. The van der Waals surface area contributed by atoms with E-state index in [0.29, 0.717) is 24.9 Å². The number of rotatable bonds is 6. The van der Waals surface area contributed by atoms with Crippen LogP contribution in [-0.2, 0) is 4.79 Å². The van der Waals surface area contributed by atoms with Gasteiger partial charge in [0.05, 0.1) is 0 Å². The van der Waals surface area contributed by atoms with E-state index in [4.69, 9.17) is 5.73 Å². The zero-order valence-corrected chi connectivity index (χ0v) is 9.80. The summed E-state index contributed by atoms with van der Waals surface area (Å²) >= 11 is 0. The average Bonchev–Trinajstić information content (AvgIpc) is 2.70. The van der Waals surface area contributed by atoms with Gasteiger partial charge in [-0.05, 0) is 45.1 Å². The van der Waals surface area contributed by atoms with Crippen LogP contribution in [0.1, 0.15) is 51.9 Å². The molecule has 1 amide bonds. The van der Waals surface area contributed by atoms with Gasteiger partial charge < -0.3 is 11.1 Å². The summed E-state index contributed by atoms with van der Waals surface area (Å²) in [4.78, 5) is 11.5. The third kappa shape index (κ3) is 4.65. The molecule has 0 aromatic heterocycles. The molecule has 0 aromatic carbocycles. The third-order valence-corrected chi connectivity index (χ3v) is 3.35. The monoisotopic (exact) mass is 212 g/mol. The molecule has 3 nitrogen and oxygen atoms in total. The topological polar surface area (TPSA) is 55.1 Å². The van der Waals surface area contributed by atoms with Crippen molar-refractivity contribution in [3.05, 3.63) is 0 Å². The van der Waals surface area contributed by atoms with Gasteiger partial charge in [0.25, 0.3) is 0 Å². The van der Waals surface area contributed by atoms with Crippen LogP contribution >= 0.6 is 0 Å². The SMILES string of the molecule is C[C@H](NC(=O)CCCCN)C1CCCC1. The number of carbonyl (C=O) groups excluding carboxylic acids is 1. The van der Waals surface area contributed by atoms with Crippen LogP contribution in [0.2, 0.25) is 0 Å². The number of carbonyl (C=O) groups is 1. The van der Waals surface area contributed by atoms with Crippen LogP contribution in [0.25, 0.3) is 0 Å². The number of unbranched alkanes of at least 4 members (excludes halogenated alkanes) is 1. The molecule has 0 radical (unpaired) electrons. The molecule has 0 saturated heterocycles. The molecule has 1 fully saturated rings. The van der Waals surface area contributed by atoms with Crippen LogP contribution in [0, 0.1) is 5.92 Å². The molecule has 0 spiro atoms. The molecule has 1 atom stereocenters. The van der Waals surface area contributed by atoms with Gasteiger partial charge in [0.1, 0.15) is 0 Å². The molecule has 1 rings (SSSR count). The molecule has 0 unspecified atom stereocenters. The van der Waals surface area contributed by atoms with E-state index >= 15 is 0 Å². The van der Waals surface area contributed by atoms with E-state index in [-0.39, 0.29) is 5.91 Å². The smallest absolute Gasteiger partial charge is 0.220 e. The standard InChI is InChI=1S/C12H24N2O/c1-10(11-6-2-3-7-11)14-12(15)8-4-5-9-13/h10-11H,2-9,13H2,1H3,(H,14,15)/t10-/m0/s1. The van der Waals surface area contributed by atoms with Gasteiger partial charge in [-0.1, -0.05) is 12.8 Å². The molecule has 0 aliphatic heterocycles. The minimum Gasteiger partial charge on any atom is -0.353 e. The highest BCUT2D eigenvalue weighted by molar-refractivity contribution is 5.76. The van der Waals surface area contributed by atoms with Crippen molar-refractivity contribution in [3.8, 4) is 0 Å². The fourth-order valence-electron chi connectivity index (χ4n) is 2.33. The van der Waals surface area contributed by atoms with Gasteiger partial charge in [-0.3, -0.25) is 4.79 Å². The molecule has 3 N–H and O–H groups in total. The number of hydrogen-bond donors (Lipinski definition) is 2. The predicted octanol–water partition coefficient (Wildman–Crippen LogP) is 1.81. The summed E-state index contributed by atoms with van der Waals surface area (Å²) in [7, 11) is 0. The Kier molecular flexibility index (Phi) is 5.69. The Morgan fingerprint density at radius 2 is 2.07 bits per heavy atom. The second kappa shape index (κ2) is 6.83. The predicted molar refractivity (Wildman–Crippen MR) is 62.5 cm³/mol. The maximum Gasteiger partial charge on any atom is 0.220 e. The summed E-state index contributed by atoms with van der Waals surface area (Å²) in [5.74, 6) is 0.909. The number of nitrogens with two attached hydrogens (primary N) is 1. The number of amides is 1. The molecule has 3 heteroatoms. The van der Waals surface area contributed by atoms with Crippen molar-refractivity contribution in [2.75, 3.05) is 6.54 Å². The molecule has 1 aliphatic carbocycles. The highest BCUT2D eigenvalue weighted by atomic mass is 16.1. The van der Waals surface area contributed by atoms with Gasteiger partial charge >= 0.3 is 0 Å². The van der Waals surface area contributed by atoms with Gasteiger partial charge in [0.15, 0.2) is 0 Å². The lowest BCUT2D eigenvalue weighted by atomic mass is 9.99.